The van der Waals surface area contributed by atoms with E-state index >= 15 is 0 Å². The largest absolute Gasteiger partial charge is 0.0990 e. The second-order valence-electron chi connectivity index (χ2n) is 9.80. The Balaban J connectivity index is 0.000000189. The Kier molecular flexibility index (Phi) is 11.2. The first kappa shape index (κ1) is 27.9. The molecule has 35 heavy (non-hydrogen) atoms. The van der Waals surface area contributed by atoms with Crippen LogP contribution in [0.3, 0.4) is 0 Å². The molecule has 0 heteroatoms. The lowest BCUT2D eigenvalue weighted by molar-refractivity contribution is 0.864. The molecule has 0 bridgehead atoms. The Morgan fingerprint density at radius 3 is 1.74 bits per heavy atom. The van der Waals surface area contributed by atoms with Crippen LogP contribution < -0.4 is 10.4 Å². The van der Waals surface area contributed by atoms with E-state index in [0.29, 0.717) is 17.8 Å². The third-order valence-electron chi connectivity index (χ3n) is 6.04. The summed E-state index contributed by atoms with van der Waals surface area (Å²) in [6.07, 6.45) is 3.77. The molecule has 0 nitrogen and oxygen atoms in total. The number of rotatable bonds is 4. The summed E-state index contributed by atoms with van der Waals surface area (Å²) in [6, 6.07) is 32.0. The highest BCUT2D eigenvalue weighted by atomic mass is 14.1. The third kappa shape index (κ3) is 8.72. The molecule has 0 saturated heterocycles. The van der Waals surface area contributed by atoms with Crippen LogP contribution >= 0.6 is 0 Å². The fraction of sp³-hybridized carbons (Fsp3) is 0.257. The summed E-state index contributed by atoms with van der Waals surface area (Å²) < 4.78 is 0. The van der Waals surface area contributed by atoms with E-state index in [-0.39, 0.29) is 0 Å². The van der Waals surface area contributed by atoms with Crippen molar-refractivity contribution in [2.75, 3.05) is 0 Å². The van der Waals surface area contributed by atoms with Gasteiger partial charge < -0.3 is 0 Å². The van der Waals surface area contributed by atoms with Gasteiger partial charge in [-0.1, -0.05) is 158 Å². The fourth-order valence-corrected chi connectivity index (χ4v) is 3.87. The van der Waals surface area contributed by atoms with Gasteiger partial charge in [0.05, 0.1) is 0 Å². The first-order valence-corrected chi connectivity index (χ1v) is 12.7. The fourth-order valence-electron chi connectivity index (χ4n) is 3.87. The molecule has 0 saturated carbocycles. The molecule has 0 aliphatic carbocycles. The summed E-state index contributed by atoms with van der Waals surface area (Å²) in [7, 11) is 0. The molecule has 0 aliphatic heterocycles. The Morgan fingerprint density at radius 1 is 0.600 bits per heavy atom. The first-order valence-electron chi connectivity index (χ1n) is 12.7. The Labute approximate surface area is 213 Å². The summed E-state index contributed by atoms with van der Waals surface area (Å²) in [5, 5.41) is 4.96. The molecule has 0 atom stereocenters. The van der Waals surface area contributed by atoms with Gasteiger partial charge in [0.15, 0.2) is 0 Å². The Hall–Kier alpha value is -3.38. The van der Waals surface area contributed by atoms with E-state index in [1.165, 1.54) is 27.5 Å². The van der Waals surface area contributed by atoms with E-state index in [4.69, 9.17) is 0 Å². The first-order chi connectivity index (χ1) is 16.7. The van der Waals surface area contributed by atoms with Crippen LogP contribution in [0.25, 0.3) is 23.4 Å². The maximum atomic E-state index is 4.00. The molecule has 0 amide bonds. The molecule has 182 valence electrons. The van der Waals surface area contributed by atoms with Crippen molar-refractivity contribution in [3.63, 3.8) is 0 Å². The van der Waals surface area contributed by atoms with Crippen molar-refractivity contribution < 1.29 is 0 Å². The summed E-state index contributed by atoms with van der Waals surface area (Å²) in [4.78, 5) is 0. The molecule has 0 aromatic heterocycles. The van der Waals surface area contributed by atoms with Gasteiger partial charge in [0, 0.05) is 0 Å². The van der Waals surface area contributed by atoms with Gasteiger partial charge in [-0.3, -0.25) is 0 Å². The van der Waals surface area contributed by atoms with Crippen molar-refractivity contribution in [1.29, 1.82) is 0 Å². The molecule has 0 aliphatic rings. The minimum absolute atomic E-state index is 0.568. The molecular weight excluding hydrogens is 420 g/mol. The number of allylic oxidation sites excluding steroid dienone is 1. The smallest absolute Gasteiger partial charge is 0.0149 e. The average Bonchev–Trinajstić information content (AvgIpc) is 2.86. The SMILES string of the molecule is C=C/C=c1/ccc(C(C)C)cc1=C.CC(C)c1cccc2ccccc12.CC(C)c1ccccc1. The highest BCUT2D eigenvalue weighted by Crippen LogP contribution is 2.24. The maximum Gasteiger partial charge on any atom is -0.0149 e. The maximum absolute atomic E-state index is 4.00. The van der Waals surface area contributed by atoms with Crippen molar-refractivity contribution in [3.8, 4) is 0 Å². The van der Waals surface area contributed by atoms with Gasteiger partial charge in [0.25, 0.3) is 0 Å². The lowest BCUT2D eigenvalue weighted by Crippen LogP contribution is -2.22. The monoisotopic (exact) mass is 462 g/mol. The number of benzene rings is 4. The summed E-state index contributed by atoms with van der Waals surface area (Å²) in [5.74, 6) is 1.83. The standard InChI is InChI=1S/C13H14.C13H16.C9H12/c1-10(2)12-9-5-7-11-6-3-4-8-13(11)12;1-5-6-12-7-8-13(10(2)3)9-11(12)4;1-8(2)9-6-4-3-5-7-9/h3-10H,1-2H3;5-10H,1,4H2,2-3H3;3-8H,1-2H3/b;12-6-;. The summed E-state index contributed by atoms with van der Waals surface area (Å²) in [5.41, 5.74) is 4.20. The molecule has 0 N–H and O–H groups in total. The lowest BCUT2D eigenvalue weighted by Gasteiger charge is -2.08. The molecule has 0 radical (unpaired) electrons. The summed E-state index contributed by atoms with van der Waals surface area (Å²) >= 11 is 0. The zero-order valence-corrected chi connectivity index (χ0v) is 22.5. The molecular formula is C35H42. The van der Waals surface area contributed by atoms with Crippen molar-refractivity contribution in [2.45, 2.75) is 59.3 Å². The minimum atomic E-state index is 0.568. The predicted molar refractivity (Wildman–Crippen MR) is 159 cm³/mol. The van der Waals surface area contributed by atoms with Crippen LogP contribution in [0.2, 0.25) is 0 Å². The van der Waals surface area contributed by atoms with Crippen molar-refractivity contribution in [3.05, 3.63) is 131 Å². The predicted octanol–water partition coefficient (Wildman–Crippen LogP) is 8.96. The van der Waals surface area contributed by atoms with Gasteiger partial charge in [-0.25, -0.2) is 0 Å². The van der Waals surface area contributed by atoms with E-state index in [9.17, 15) is 0 Å². The van der Waals surface area contributed by atoms with Crippen LogP contribution in [-0.2, 0) is 0 Å². The molecule has 0 fully saturated rings. The van der Waals surface area contributed by atoms with E-state index < -0.39 is 0 Å². The molecule has 4 rings (SSSR count). The van der Waals surface area contributed by atoms with Crippen molar-refractivity contribution in [2.24, 2.45) is 0 Å². The minimum Gasteiger partial charge on any atom is -0.0990 e. The Bertz CT molecular complexity index is 1290. The second-order valence-corrected chi connectivity index (χ2v) is 9.80. The van der Waals surface area contributed by atoms with E-state index in [2.05, 4.69) is 140 Å². The van der Waals surface area contributed by atoms with Crippen LogP contribution in [-0.4, -0.2) is 0 Å². The topological polar surface area (TPSA) is 0 Å². The number of hydrogen-bond acceptors (Lipinski definition) is 0. The van der Waals surface area contributed by atoms with Crippen LogP contribution in [0.15, 0.2) is 104 Å². The second kappa shape index (κ2) is 14.1. The summed E-state index contributed by atoms with van der Waals surface area (Å²) in [6.45, 7) is 20.9. The molecule has 4 aromatic carbocycles. The van der Waals surface area contributed by atoms with Gasteiger partial charge >= 0.3 is 0 Å². The zero-order valence-electron chi connectivity index (χ0n) is 22.5. The number of fused-ring (bicyclic) bond motifs is 1. The van der Waals surface area contributed by atoms with E-state index in [0.717, 1.165) is 10.4 Å². The molecule has 0 heterocycles. The molecule has 0 spiro atoms. The van der Waals surface area contributed by atoms with Crippen LogP contribution in [0, 0.1) is 0 Å². The van der Waals surface area contributed by atoms with Gasteiger partial charge in [-0.2, -0.15) is 0 Å². The van der Waals surface area contributed by atoms with Crippen LogP contribution in [0.5, 0.6) is 0 Å². The highest BCUT2D eigenvalue weighted by molar-refractivity contribution is 5.86. The van der Waals surface area contributed by atoms with Crippen LogP contribution in [0.4, 0.5) is 0 Å². The highest BCUT2D eigenvalue weighted by Gasteiger charge is 2.02. The van der Waals surface area contributed by atoms with Crippen molar-refractivity contribution in [1.82, 2.24) is 0 Å². The van der Waals surface area contributed by atoms with Crippen molar-refractivity contribution >= 4 is 23.4 Å². The average molecular weight is 463 g/mol. The number of hydrogen-bond donors (Lipinski definition) is 0. The van der Waals surface area contributed by atoms with Gasteiger partial charge in [-0.05, 0) is 55.7 Å². The van der Waals surface area contributed by atoms with Gasteiger partial charge in [0.1, 0.15) is 0 Å². The third-order valence-corrected chi connectivity index (χ3v) is 6.04. The molecule has 0 unspecified atom stereocenters. The quantitative estimate of drug-likeness (QED) is 0.284. The van der Waals surface area contributed by atoms with Gasteiger partial charge in [-0.15, -0.1) is 0 Å². The van der Waals surface area contributed by atoms with E-state index in [1.54, 1.807) is 6.08 Å². The lowest BCUT2D eigenvalue weighted by atomic mass is 9.96. The Morgan fingerprint density at radius 2 is 1.20 bits per heavy atom. The zero-order chi connectivity index (χ0) is 25.8. The molecule has 4 aromatic rings. The normalized spacial score (nSPS) is 11.2. The van der Waals surface area contributed by atoms with Gasteiger partial charge in [0.2, 0.25) is 0 Å². The van der Waals surface area contributed by atoms with E-state index in [1.807, 2.05) is 12.1 Å². The van der Waals surface area contributed by atoms with Crippen LogP contribution in [0.1, 0.15) is 76.0 Å².